The van der Waals surface area contributed by atoms with Crippen LogP contribution in [0, 0.1) is 5.92 Å². The largest absolute Gasteiger partial charge is 0.377 e. The fraction of sp³-hybridized carbons (Fsp3) is 1.00. The maximum atomic E-state index is 11.7. The molecule has 21 heavy (non-hydrogen) atoms. The number of hydrogen-bond donors (Lipinski definition) is 2. The SMILES string of the molecule is CCCC(OCC)C(CC1CCCN(S(C)(=O)=O)C1)NN. The average Bonchev–Trinajstić information content (AvgIpc) is 2.44. The number of hydrogen-bond acceptors (Lipinski definition) is 5. The number of nitrogens with zero attached hydrogens (tertiary/aromatic N) is 1. The Morgan fingerprint density at radius 3 is 2.67 bits per heavy atom. The van der Waals surface area contributed by atoms with Gasteiger partial charge in [-0.1, -0.05) is 13.3 Å². The highest BCUT2D eigenvalue weighted by Crippen LogP contribution is 2.24. The third kappa shape index (κ3) is 6.20. The third-order valence-corrected chi connectivity index (χ3v) is 5.42. The van der Waals surface area contributed by atoms with Crippen LogP contribution in [0.4, 0.5) is 0 Å². The molecule has 1 saturated heterocycles. The lowest BCUT2D eigenvalue weighted by Gasteiger charge is -2.35. The quantitative estimate of drug-likeness (QED) is 0.490. The van der Waals surface area contributed by atoms with Crippen LogP contribution in [0.15, 0.2) is 0 Å². The van der Waals surface area contributed by atoms with Gasteiger partial charge in [-0.2, -0.15) is 0 Å². The number of ether oxygens (including phenoxy) is 1. The van der Waals surface area contributed by atoms with E-state index in [-0.39, 0.29) is 12.1 Å². The van der Waals surface area contributed by atoms with Gasteiger partial charge >= 0.3 is 0 Å². The summed E-state index contributed by atoms with van der Waals surface area (Å²) in [5.74, 6) is 6.05. The van der Waals surface area contributed by atoms with Crippen molar-refractivity contribution >= 4 is 10.0 Å². The van der Waals surface area contributed by atoms with Crippen LogP contribution in [0.3, 0.4) is 0 Å². The van der Waals surface area contributed by atoms with Crippen LogP contribution in [0.1, 0.15) is 46.0 Å². The Labute approximate surface area is 129 Å². The van der Waals surface area contributed by atoms with E-state index < -0.39 is 10.0 Å². The second-order valence-electron chi connectivity index (χ2n) is 5.92. The van der Waals surface area contributed by atoms with E-state index in [1.54, 1.807) is 4.31 Å². The zero-order chi connectivity index (χ0) is 15.9. The molecule has 0 bridgehead atoms. The summed E-state index contributed by atoms with van der Waals surface area (Å²) in [5.41, 5.74) is 2.88. The van der Waals surface area contributed by atoms with E-state index >= 15 is 0 Å². The Kier molecular flexibility index (Phi) is 8.12. The number of piperidine rings is 1. The van der Waals surface area contributed by atoms with Crippen molar-refractivity contribution in [3.05, 3.63) is 0 Å². The van der Waals surface area contributed by atoms with Crippen molar-refractivity contribution in [2.24, 2.45) is 11.8 Å². The number of rotatable bonds is 9. The first kappa shape index (κ1) is 18.8. The molecule has 0 amide bonds. The Morgan fingerprint density at radius 2 is 2.14 bits per heavy atom. The minimum atomic E-state index is -3.09. The summed E-state index contributed by atoms with van der Waals surface area (Å²) in [4.78, 5) is 0. The van der Waals surface area contributed by atoms with Gasteiger partial charge in [-0.15, -0.1) is 0 Å². The minimum absolute atomic E-state index is 0.0782. The molecule has 1 heterocycles. The Morgan fingerprint density at radius 1 is 1.43 bits per heavy atom. The van der Waals surface area contributed by atoms with Crippen LogP contribution in [-0.4, -0.2) is 50.8 Å². The van der Waals surface area contributed by atoms with Gasteiger partial charge in [-0.25, -0.2) is 12.7 Å². The molecule has 0 spiro atoms. The van der Waals surface area contributed by atoms with Crippen molar-refractivity contribution in [1.82, 2.24) is 9.73 Å². The second-order valence-corrected chi connectivity index (χ2v) is 7.90. The lowest BCUT2D eigenvalue weighted by Crippen LogP contribution is -2.48. The molecule has 0 radical (unpaired) electrons. The number of hydrazine groups is 1. The lowest BCUT2D eigenvalue weighted by molar-refractivity contribution is 0.0192. The molecule has 0 aromatic heterocycles. The molecule has 1 aliphatic heterocycles. The van der Waals surface area contributed by atoms with Crippen LogP contribution in [0.2, 0.25) is 0 Å². The van der Waals surface area contributed by atoms with Gasteiger partial charge in [-0.3, -0.25) is 11.3 Å². The molecule has 3 atom stereocenters. The van der Waals surface area contributed by atoms with Crippen LogP contribution < -0.4 is 11.3 Å². The van der Waals surface area contributed by atoms with Crippen molar-refractivity contribution in [3.8, 4) is 0 Å². The number of nitrogens with two attached hydrogens (primary N) is 1. The Hall–Kier alpha value is -0.210. The molecular weight excluding hydrogens is 290 g/mol. The van der Waals surface area contributed by atoms with E-state index in [9.17, 15) is 8.42 Å². The van der Waals surface area contributed by atoms with Gasteiger partial charge < -0.3 is 4.74 Å². The van der Waals surface area contributed by atoms with E-state index in [4.69, 9.17) is 10.6 Å². The van der Waals surface area contributed by atoms with E-state index in [0.717, 1.165) is 32.1 Å². The highest BCUT2D eigenvalue weighted by atomic mass is 32.2. The maximum Gasteiger partial charge on any atom is 0.211 e. The first-order valence-corrected chi connectivity index (χ1v) is 9.80. The van der Waals surface area contributed by atoms with Crippen molar-refractivity contribution in [2.45, 2.75) is 58.1 Å². The molecule has 126 valence electrons. The summed E-state index contributed by atoms with van der Waals surface area (Å²) < 4.78 is 30.8. The summed E-state index contributed by atoms with van der Waals surface area (Å²) in [5, 5.41) is 0. The van der Waals surface area contributed by atoms with Gasteiger partial charge in [0.15, 0.2) is 0 Å². The highest BCUT2D eigenvalue weighted by Gasteiger charge is 2.30. The molecule has 3 N–H and O–H groups in total. The van der Waals surface area contributed by atoms with E-state index in [2.05, 4.69) is 12.3 Å². The van der Waals surface area contributed by atoms with E-state index in [1.165, 1.54) is 6.26 Å². The fourth-order valence-electron chi connectivity index (χ4n) is 3.11. The summed E-state index contributed by atoms with van der Waals surface area (Å²) in [6.07, 6.45) is 6.21. The summed E-state index contributed by atoms with van der Waals surface area (Å²) >= 11 is 0. The molecule has 3 unspecified atom stereocenters. The van der Waals surface area contributed by atoms with Gasteiger partial charge in [0.1, 0.15) is 0 Å². The van der Waals surface area contributed by atoms with Crippen LogP contribution in [-0.2, 0) is 14.8 Å². The highest BCUT2D eigenvalue weighted by molar-refractivity contribution is 7.88. The average molecular weight is 321 g/mol. The van der Waals surface area contributed by atoms with Gasteiger partial charge in [-0.05, 0) is 38.5 Å². The van der Waals surface area contributed by atoms with Crippen molar-refractivity contribution in [3.63, 3.8) is 0 Å². The van der Waals surface area contributed by atoms with Gasteiger partial charge in [0.25, 0.3) is 0 Å². The van der Waals surface area contributed by atoms with Crippen LogP contribution >= 0.6 is 0 Å². The first-order chi connectivity index (χ1) is 9.92. The summed E-state index contributed by atoms with van der Waals surface area (Å²) in [6.45, 7) is 6.03. The van der Waals surface area contributed by atoms with Crippen LogP contribution in [0.25, 0.3) is 0 Å². The zero-order valence-electron chi connectivity index (χ0n) is 13.5. The van der Waals surface area contributed by atoms with Gasteiger partial charge in [0.05, 0.1) is 12.4 Å². The fourth-order valence-corrected chi connectivity index (χ4v) is 4.05. The Balaban J connectivity index is 2.62. The standard InChI is InChI=1S/C14H31N3O3S/c1-4-7-14(20-5-2)13(16-15)10-12-8-6-9-17(11-12)21(3,18)19/h12-14,16H,4-11,15H2,1-3H3. The predicted octanol–water partition coefficient (Wildman–Crippen LogP) is 1.09. The maximum absolute atomic E-state index is 11.7. The topological polar surface area (TPSA) is 84.7 Å². The predicted molar refractivity (Wildman–Crippen MR) is 85.2 cm³/mol. The van der Waals surface area contributed by atoms with Gasteiger partial charge in [0.2, 0.25) is 10.0 Å². The molecule has 1 rings (SSSR count). The molecule has 1 aliphatic rings. The van der Waals surface area contributed by atoms with Crippen LogP contribution in [0.5, 0.6) is 0 Å². The van der Waals surface area contributed by atoms with Crippen molar-refractivity contribution < 1.29 is 13.2 Å². The molecule has 0 saturated carbocycles. The molecule has 7 heteroatoms. The normalized spacial score (nSPS) is 23.9. The smallest absolute Gasteiger partial charge is 0.211 e. The van der Waals surface area contributed by atoms with E-state index in [0.29, 0.717) is 25.6 Å². The van der Waals surface area contributed by atoms with E-state index in [1.807, 2.05) is 6.92 Å². The minimum Gasteiger partial charge on any atom is -0.377 e. The van der Waals surface area contributed by atoms with Crippen molar-refractivity contribution in [2.75, 3.05) is 26.0 Å². The zero-order valence-corrected chi connectivity index (χ0v) is 14.4. The molecule has 0 aromatic carbocycles. The summed E-state index contributed by atoms with van der Waals surface area (Å²) in [7, 11) is -3.09. The molecule has 6 nitrogen and oxygen atoms in total. The summed E-state index contributed by atoms with van der Waals surface area (Å²) in [6, 6.07) is 0.0782. The lowest BCUT2D eigenvalue weighted by atomic mass is 9.89. The second kappa shape index (κ2) is 9.05. The van der Waals surface area contributed by atoms with Crippen molar-refractivity contribution in [1.29, 1.82) is 0 Å². The molecule has 0 aromatic rings. The third-order valence-electron chi connectivity index (χ3n) is 4.15. The van der Waals surface area contributed by atoms with Gasteiger partial charge in [0, 0.05) is 25.7 Å². The number of nitrogens with one attached hydrogen (secondary N) is 1. The monoisotopic (exact) mass is 321 g/mol. The molecular formula is C14H31N3O3S. The Bertz CT molecular complexity index is 383. The number of sulfonamides is 1. The first-order valence-electron chi connectivity index (χ1n) is 7.95. The molecule has 0 aliphatic carbocycles. The molecule has 1 fully saturated rings.